The molecule has 5 heteroatoms. The molecule has 0 spiro atoms. The van der Waals surface area contributed by atoms with Crippen molar-refractivity contribution in [3.63, 3.8) is 0 Å². The Morgan fingerprint density at radius 2 is 2.05 bits per heavy atom. The summed E-state index contributed by atoms with van der Waals surface area (Å²) in [5.74, 6) is 0.467. The van der Waals surface area contributed by atoms with E-state index in [1.807, 2.05) is 13.0 Å². The third-order valence-corrected chi connectivity index (χ3v) is 2.62. The van der Waals surface area contributed by atoms with Crippen LogP contribution in [0.15, 0.2) is 30.3 Å². The average molecular weight is 261 g/mol. The first-order valence-electron chi connectivity index (χ1n) is 6.16. The summed E-state index contributed by atoms with van der Waals surface area (Å²) in [6, 6.07) is 8.25. The molecule has 0 amide bonds. The minimum absolute atomic E-state index is 0.297. The Hall–Kier alpha value is -2.01. The lowest BCUT2D eigenvalue weighted by Crippen LogP contribution is -2.13. The fourth-order valence-electron chi connectivity index (χ4n) is 1.51. The van der Waals surface area contributed by atoms with Gasteiger partial charge >= 0.3 is 0 Å². The third-order valence-electron chi connectivity index (χ3n) is 2.62. The van der Waals surface area contributed by atoms with Crippen molar-refractivity contribution in [2.24, 2.45) is 0 Å². The van der Waals surface area contributed by atoms with E-state index < -0.39 is 0 Å². The number of hydrogen-bond donors (Lipinski definition) is 1. The maximum absolute atomic E-state index is 13.4. The second-order valence-corrected chi connectivity index (χ2v) is 4.16. The van der Waals surface area contributed by atoms with Gasteiger partial charge in [0.15, 0.2) is 0 Å². The number of aryl methyl sites for hydroxylation is 1. The lowest BCUT2D eigenvalue weighted by atomic mass is 10.2. The van der Waals surface area contributed by atoms with Gasteiger partial charge < -0.3 is 10.1 Å². The van der Waals surface area contributed by atoms with Gasteiger partial charge in [0.2, 0.25) is 5.88 Å². The Morgan fingerprint density at radius 1 is 1.21 bits per heavy atom. The number of nitrogens with one attached hydrogen (secondary N) is 1. The predicted molar refractivity (Wildman–Crippen MR) is 70.6 cm³/mol. The fraction of sp³-hybridized carbons (Fsp3) is 0.286. The van der Waals surface area contributed by atoms with E-state index in [4.69, 9.17) is 4.74 Å². The Morgan fingerprint density at radius 3 is 2.68 bits per heavy atom. The van der Waals surface area contributed by atoms with E-state index >= 15 is 0 Å². The fourth-order valence-corrected chi connectivity index (χ4v) is 1.51. The number of ether oxygens (including phenoxy) is 1. The van der Waals surface area contributed by atoms with Crippen molar-refractivity contribution in [2.75, 3.05) is 6.54 Å². The van der Waals surface area contributed by atoms with E-state index in [0.717, 1.165) is 12.2 Å². The summed E-state index contributed by atoms with van der Waals surface area (Å²) >= 11 is 0. The zero-order chi connectivity index (χ0) is 13.7. The molecule has 1 aromatic heterocycles. The highest BCUT2D eigenvalue weighted by atomic mass is 19.1. The summed E-state index contributed by atoms with van der Waals surface area (Å²) in [7, 11) is 0. The summed E-state index contributed by atoms with van der Waals surface area (Å²) in [6.07, 6.45) is 0. The van der Waals surface area contributed by atoms with Crippen LogP contribution in [0.2, 0.25) is 0 Å². The number of benzene rings is 1. The van der Waals surface area contributed by atoms with Crippen molar-refractivity contribution in [1.82, 2.24) is 15.5 Å². The maximum atomic E-state index is 13.4. The number of rotatable bonds is 5. The van der Waals surface area contributed by atoms with Crippen LogP contribution in [-0.2, 0) is 6.54 Å². The molecule has 0 aliphatic heterocycles. The quantitative estimate of drug-likeness (QED) is 0.899. The van der Waals surface area contributed by atoms with Gasteiger partial charge in [0.1, 0.15) is 11.6 Å². The van der Waals surface area contributed by atoms with Crippen LogP contribution in [0.1, 0.15) is 18.2 Å². The maximum Gasteiger partial charge on any atom is 0.238 e. The molecule has 0 unspecified atom stereocenters. The standard InChI is InChI=1S/C14H16FN3O/c1-3-16-9-11-5-7-14(18-17-11)19-12-6-4-10(2)13(15)8-12/h4-8,16H,3,9H2,1-2H3. The van der Waals surface area contributed by atoms with E-state index in [9.17, 15) is 4.39 Å². The van der Waals surface area contributed by atoms with Crippen molar-refractivity contribution in [3.8, 4) is 11.6 Å². The van der Waals surface area contributed by atoms with Gasteiger partial charge in [-0.15, -0.1) is 5.10 Å². The molecule has 0 radical (unpaired) electrons. The van der Waals surface area contributed by atoms with Crippen molar-refractivity contribution < 1.29 is 9.13 Å². The Labute approximate surface area is 111 Å². The lowest BCUT2D eigenvalue weighted by molar-refractivity contribution is 0.448. The average Bonchev–Trinajstić information content (AvgIpc) is 2.42. The lowest BCUT2D eigenvalue weighted by Gasteiger charge is -2.06. The Bertz CT molecular complexity index is 543. The van der Waals surface area contributed by atoms with Gasteiger partial charge in [-0.25, -0.2) is 4.39 Å². The molecular formula is C14H16FN3O. The first-order valence-corrected chi connectivity index (χ1v) is 6.16. The smallest absolute Gasteiger partial charge is 0.238 e. The first-order chi connectivity index (χ1) is 9.19. The SMILES string of the molecule is CCNCc1ccc(Oc2ccc(C)c(F)c2)nn1. The number of nitrogens with zero attached hydrogens (tertiary/aromatic N) is 2. The molecule has 0 aliphatic carbocycles. The number of halogens is 1. The minimum Gasteiger partial charge on any atom is -0.437 e. The Balaban J connectivity index is 2.04. The molecule has 0 saturated carbocycles. The molecular weight excluding hydrogens is 245 g/mol. The van der Waals surface area contributed by atoms with E-state index in [1.54, 1.807) is 25.1 Å². The molecule has 100 valence electrons. The molecule has 0 aliphatic rings. The summed E-state index contributed by atoms with van der Waals surface area (Å²) < 4.78 is 18.8. The van der Waals surface area contributed by atoms with Crippen molar-refractivity contribution in [2.45, 2.75) is 20.4 Å². The molecule has 19 heavy (non-hydrogen) atoms. The van der Waals surface area contributed by atoms with Crippen molar-refractivity contribution >= 4 is 0 Å². The third kappa shape index (κ3) is 3.72. The second kappa shape index (κ2) is 6.24. The minimum atomic E-state index is -0.297. The Kier molecular flexibility index (Phi) is 4.41. The van der Waals surface area contributed by atoms with Crippen LogP contribution in [0.5, 0.6) is 11.6 Å². The molecule has 0 atom stereocenters. The van der Waals surface area contributed by atoms with Crippen LogP contribution in [0.25, 0.3) is 0 Å². The van der Waals surface area contributed by atoms with Gasteiger partial charge in [-0.2, -0.15) is 5.10 Å². The van der Waals surface area contributed by atoms with Crippen LogP contribution >= 0.6 is 0 Å². The van der Waals surface area contributed by atoms with Crippen molar-refractivity contribution in [1.29, 1.82) is 0 Å². The molecule has 0 fully saturated rings. The summed E-state index contributed by atoms with van der Waals surface area (Å²) in [4.78, 5) is 0. The van der Waals surface area contributed by atoms with Gasteiger partial charge in [-0.05, 0) is 31.2 Å². The zero-order valence-corrected chi connectivity index (χ0v) is 11.0. The topological polar surface area (TPSA) is 47.0 Å². The van der Waals surface area contributed by atoms with E-state index in [2.05, 4.69) is 15.5 Å². The van der Waals surface area contributed by atoms with Gasteiger partial charge in [0.05, 0.1) is 5.69 Å². The molecule has 1 N–H and O–H groups in total. The number of hydrogen-bond acceptors (Lipinski definition) is 4. The predicted octanol–water partition coefficient (Wildman–Crippen LogP) is 2.83. The molecule has 0 saturated heterocycles. The van der Waals surface area contributed by atoms with Crippen molar-refractivity contribution in [3.05, 3.63) is 47.4 Å². The van der Waals surface area contributed by atoms with E-state index in [0.29, 0.717) is 23.7 Å². The number of aromatic nitrogens is 2. The second-order valence-electron chi connectivity index (χ2n) is 4.16. The molecule has 0 bridgehead atoms. The molecule has 1 aromatic carbocycles. The van der Waals surface area contributed by atoms with Crippen LogP contribution in [0.3, 0.4) is 0 Å². The largest absolute Gasteiger partial charge is 0.437 e. The summed E-state index contributed by atoms with van der Waals surface area (Å²) in [6.45, 7) is 5.27. The van der Waals surface area contributed by atoms with Crippen LogP contribution < -0.4 is 10.1 Å². The van der Waals surface area contributed by atoms with Gasteiger partial charge in [-0.1, -0.05) is 13.0 Å². The summed E-state index contributed by atoms with van der Waals surface area (Å²) in [5, 5.41) is 11.1. The normalized spacial score (nSPS) is 10.5. The van der Waals surface area contributed by atoms with E-state index in [-0.39, 0.29) is 5.82 Å². The molecule has 1 heterocycles. The monoisotopic (exact) mass is 261 g/mol. The highest BCUT2D eigenvalue weighted by Gasteiger charge is 2.03. The molecule has 4 nitrogen and oxygen atoms in total. The van der Waals surface area contributed by atoms with Crippen LogP contribution in [0, 0.1) is 12.7 Å². The van der Waals surface area contributed by atoms with E-state index in [1.165, 1.54) is 6.07 Å². The first kappa shape index (κ1) is 13.4. The van der Waals surface area contributed by atoms with Gasteiger partial charge in [0.25, 0.3) is 0 Å². The molecule has 2 aromatic rings. The van der Waals surface area contributed by atoms with Gasteiger partial charge in [-0.3, -0.25) is 0 Å². The van der Waals surface area contributed by atoms with Gasteiger partial charge in [0, 0.05) is 18.7 Å². The molecule has 2 rings (SSSR count). The summed E-state index contributed by atoms with van der Waals surface area (Å²) in [5.41, 5.74) is 1.42. The van der Waals surface area contributed by atoms with Crippen LogP contribution in [0.4, 0.5) is 4.39 Å². The zero-order valence-electron chi connectivity index (χ0n) is 11.0. The van der Waals surface area contributed by atoms with Crippen LogP contribution in [-0.4, -0.2) is 16.7 Å². The highest BCUT2D eigenvalue weighted by molar-refractivity contribution is 5.30. The highest BCUT2D eigenvalue weighted by Crippen LogP contribution is 2.21.